The summed E-state index contributed by atoms with van der Waals surface area (Å²) in [4.78, 5) is 37.4. The van der Waals surface area contributed by atoms with Gasteiger partial charge >= 0.3 is 0 Å². The topological polar surface area (TPSA) is 104 Å². The number of nitro benzene ring substituents is 1. The average molecular weight is 402 g/mol. The van der Waals surface area contributed by atoms with E-state index in [4.69, 9.17) is 11.6 Å². The number of aromatic nitrogens is 2. The number of nitrogens with one attached hydrogen (secondary N) is 1. The fourth-order valence-electron chi connectivity index (χ4n) is 3.70. The number of rotatable bonds is 4. The van der Waals surface area contributed by atoms with Gasteiger partial charge in [-0.25, -0.2) is 4.98 Å². The molecule has 28 heavy (non-hydrogen) atoms. The molecular formula is C19H20ClN5O3. The van der Waals surface area contributed by atoms with Gasteiger partial charge in [-0.2, -0.15) is 0 Å². The van der Waals surface area contributed by atoms with E-state index >= 15 is 0 Å². The van der Waals surface area contributed by atoms with Crippen LogP contribution in [0.2, 0.25) is 5.02 Å². The van der Waals surface area contributed by atoms with Gasteiger partial charge in [0.25, 0.3) is 11.2 Å². The molecule has 0 unspecified atom stereocenters. The third kappa shape index (κ3) is 3.83. The summed E-state index contributed by atoms with van der Waals surface area (Å²) in [5.41, 5.74) is 2.94. The van der Waals surface area contributed by atoms with Gasteiger partial charge in [0.15, 0.2) is 5.82 Å². The van der Waals surface area contributed by atoms with E-state index in [1.807, 2.05) is 0 Å². The summed E-state index contributed by atoms with van der Waals surface area (Å²) in [6.45, 7) is 2.48. The Morgan fingerprint density at radius 3 is 2.89 bits per heavy atom. The zero-order valence-electron chi connectivity index (χ0n) is 15.3. The van der Waals surface area contributed by atoms with Crippen LogP contribution in [0, 0.1) is 10.1 Å². The van der Waals surface area contributed by atoms with Crippen LogP contribution in [0.4, 0.5) is 5.69 Å². The molecule has 0 atom stereocenters. The largest absolute Gasteiger partial charge is 0.305 e. The number of hydrogen-bond acceptors (Lipinski definition) is 6. The predicted octanol–water partition coefficient (Wildman–Crippen LogP) is 2.86. The minimum absolute atomic E-state index is 0.103. The molecule has 0 amide bonds. The summed E-state index contributed by atoms with van der Waals surface area (Å²) in [5, 5.41) is 11.2. The Labute approximate surface area is 166 Å². The zero-order valence-corrected chi connectivity index (χ0v) is 16.0. The first-order chi connectivity index (χ1) is 13.5. The van der Waals surface area contributed by atoms with E-state index < -0.39 is 4.92 Å². The normalized spacial score (nSPS) is 17.1. The second kappa shape index (κ2) is 7.81. The Balaban J connectivity index is 1.54. The molecule has 0 saturated carbocycles. The van der Waals surface area contributed by atoms with Gasteiger partial charge in [-0.05, 0) is 30.9 Å². The van der Waals surface area contributed by atoms with Crippen molar-refractivity contribution in [2.45, 2.75) is 38.8 Å². The first kappa shape index (κ1) is 18.8. The highest BCUT2D eigenvalue weighted by molar-refractivity contribution is 6.32. The minimum atomic E-state index is -0.485. The Bertz CT molecular complexity index is 1020. The van der Waals surface area contributed by atoms with Gasteiger partial charge in [0.05, 0.1) is 21.9 Å². The molecule has 2 aromatic rings. The summed E-state index contributed by atoms with van der Waals surface area (Å²) in [7, 11) is 0. The van der Waals surface area contributed by atoms with E-state index in [2.05, 4.69) is 19.9 Å². The maximum absolute atomic E-state index is 12.6. The number of aromatic amines is 1. The number of halogens is 1. The molecule has 0 radical (unpaired) electrons. The number of H-pyrrole nitrogens is 1. The van der Waals surface area contributed by atoms with Gasteiger partial charge in [-0.3, -0.25) is 24.8 Å². The van der Waals surface area contributed by atoms with Crippen molar-refractivity contribution in [3.8, 4) is 0 Å². The number of aliphatic imine (C=N–C) groups is 1. The van der Waals surface area contributed by atoms with Crippen molar-refractivity contribution in [2.75, 3.05) is 13.1 Å². The number of nitro groups is 1. The van der Waals surface area contributed by atoms with E-state index in [1.165, 1.54) is 6.07 Å². The summed E-state index contributed by atoms with van der Waals surface area (Å²) < 4.78 is 0. The Hall–Kier alpha value is -2.58. The lowest BCUT2D eigenvalue weighted by Crippen LogP contribution is -2.36. The SMILES string of the molecule is O=c1[nH]c(C2=NCCCC2)nc2c1CN(Cc1ccc(Cl)c([N+](=O)[O-])c1)CC2. The molecule has 1 N–H and O–H groups in total. The molecule has 3 heterocycles. The highest BCUT2D eigenvalue weighted by atomic mass is 35.5. The van der Waals surface area contributed by atoms with Crippen molar-refractivity contribution < 1.29 is 4.92 Å². The molecule has 0 aliphatic carbocycles. The Kier molecular flexibility index (Phi) is 5.23. The van der Waals surface area contributed by atoms with Gasteiger partial charge in [-0.1, -0.05) is 17.7 Å². The van der Waals surface area contributed by atoms with Gasteiger partial charge < -0.3 is 4.98 Å². The number of fused-ring (bicyclic) bond motifs is 1. The monoisotopic (exact) mass is 401 g/mol. The first-order valence-corrected chi connectivity index (χ1v) is 9.70. The molecule has 4 rings (SSSR count). The third-order valence-corrected chi connectivity index (χ3v) is 5.48. The molecular weight excluding hydrogens is 382 g/mol. The van der Waals surface area contributed by atoms with Gasteiger partial charge in [0, 0.05) is 38.7 Å². The maximum Gasteiger partial charge on any atom is 0.288 e. The quantitative estimate of drug-likeness (QED) is 0.626. The molecule has 1 aromatic heterocycles. The van der Waals surface area contributed by atoms with Gasteiger partial charge in [-0.15, -0.1) is 0 Å². The minimum Gasteiger partial charge on any atom is -0.305 e. The van der Waals surface area contributed by atoms with Crippen LogP contribution in [-0.2, 0) is 19.5 Å². The Morgan fingerprint density at radius 2 is 2.14 bits per heavy atom. The summed E-state index contributed by atoms with van der Waals surface area (Å²) in [6.07, 6.45) is 3.66. The molecule has 2 aliphatic rings. The van der Waals surface area contributed by atoms with Crippen LogP contribution in [0.15, 0.2) is 28.0 Å². The smallest absolute Gasteiger partial charge is 0.288 e. The van der Waals surface area contributed by atoms with E-state index in [0.29, 0.717) is 30.9 Å². The van der Waals surface area contributed by atoms with Crippen LogP contribution < -0.4 is 5.56 Å². The van der Waals surface area contributed by atoms with E-state index in [-0.39, 0.29) is 16.3 Å². The first-order valence-electron chi connectivity index (χ1n) is 9.32. The van der Waals surface area contributed by atoms with Crippen LogP contribution in [-0.4, -0.2) is 38.6 Å². The van der Waals surface area contributed by atoms with E-state index in [0.717, 1.165) is 49.3 Å². The van der Waals surface area contributed by atoms with Gasteiger partial charge in [0.2, 0.25) is 0 Å². The molecule has 0 fully saturated rings. The number of benzene rings is 1. The average Bonchev–Trinajstić information content (AvgIpc) is 2.70. The van der Waals surface area contributed by atoms with Crippen molar-refractivity contribution in [3.05, 3.63) is 66.3 Å². The predicted molar refractivity (Wildman–Crippen MR) is 106 cm³/mol. The van der Waals surface area contributed by atoms with Crippen molar-refractivity contribution in [2.24, 2.45) is 4.99 Å². The van der Waals surface area contributed by atoms with E-state index in [1.54, 1.807) is 12.1 Å². The number of nitrogens with zero attached hydrogens (tertiary/aromatic N) is 4. The highest BCUT2D eigenvalue weighted by Crippen LogP contribution is 2.26. The summed E-state index contributed by atoms with van der Waals surface area (Å²) >= 11 is 5.88. The van der Waals surface area contributed by atoms with Crippen molar-refractivity contribution in [1.29, 1.82) is 0 Å². The van der Waals surface area contributed by atoms with Gasteiger partial charge in [0.1, 0.15) is 5.02 Å². The fraction of sp³-hybridized carbons (Fsp3) is 0.421. The molecule has 0 spiro atoms. The van der Waals surface area contributed by atoms with Crippen LogP contribution in [0.1, 0.15) is 41.9 Å². The second-order valence-electron chi connectivity index (χ2n) is 7.13. The Morgan fingerprint density at radius 1 is 1.29 bits per heavy atom. The maximum atomic E-state index is 12.6. The van der Waals surface area contributed by atoms with Crippen molar-refractivity contribution >= 4 is 23.0 Å². The lowest BCUT2D eigenvalue weighted by molar-refractivity contribution is -0.384. The lowest BCUT2D eigenvalue weighted by Gasteiger charge is -2.28. The summed E-state index contributed by atoms with van der Waals surface area (Å²) in [6, 6.07) is 4.81. The molecule has 146 valence electrons. The van der Waals surface area contributed by atoms with Crippen molar-refractivity contribution in [3.63, 3.8) is 0 Å². The molecule has 1 aromatic carbocycles. The molecule has 0 bridgehead atoms. The third-order valence-electron chi connectivity index (χ3n) is 5.16. The van der Waals surface area contributed by atoms with Crippen LogP contribution in [0.5, 0.6) is 0 Å². The van der Waals surface area contributed by atoms with Crippen molar-refractivity contribution in [1.82, 2.24) is 14.9 Å². The lowest BCUT2D eigenvalue weighted by atomic mass is 10.0. The molecule has 8 nitrogen and oxygen atoms in total. The van der Waals surface area contributed by atoms with Crippen LogP contribution in [0.25, 0.3) is 0 Å². The van der Waals surface area contributed by atoms with E-state index in [9.17, 15) is 14.9 Å². The fourth-order valence-corrected chi connectivity index (χ4v) is 3.88. The standard InChI is InChI=1S/C19H20ClN5O3/c20-14-5-4-12(9-17(14)25(27)28)10-24-8-6-15-13(11-24)19(26)23-18(22-15)16-3-1-2-7-21-16/h4-5,9H,1-3,6-8,10-11H2,(H,22,23,26). The number of hydrogen-bond donors (Lipinski definition) is 1. The highest BCUT2D eigenvalue weighted by Gasteiger charge is 2.23. The molecule has 9 heteroatoms. The molecule has 0 saturated heterocycles. The molecule has 2 aliphatic heterocycles. The van der Waals surface area contributed by atoms with Crippen LogP contribution in [0.3, 0.4) is 0 Å². The summed E-state index contributed by atoms with van der Waals surface area (Å²) in [5.74, 6) is 0.602. The second-order valence-corrected chi connectivity index (χ2v) is 7.54. The zero-order chi connectivity index (χ0) is 19.7. The van der Waals surface area contributed by atoms with Crippen LogP contribution >= 0.6 is 11.6 Å².